The van der Waals surface area contributed by atoms with E-state index in [0.29, 0.717) is 25.1 Å². The van der Waals surface area contributed by atoms with Crippen molar-refractivity contribution in [3.05, 3.63) is 26.8 Å². The highest BCUT2D eigenvalue weighted by Gasteiger charge is 2.15. The molecule has 0 aromatic heterocycles. The Morgan fingerprint density at radius 2 is 1.84 bits per heavy atom. The minimum absolute atomic E-state index is 0.0558. The molecule has 0 saturated heterocycles. The highest BCUT2D eigenvalue weighted by atomic mass is 35.5. The van der Waals surface area contributed by atoms with E-state index in [2.05, 4.69) is 9.68 Å². The minimum atomic E-state index is -1.06. The molecule has 0 unspecified atom stereocenters. The van der Waals surface area contributed by atoms with Crippen LogP contribution in [0.25, 0.3) is 0 Å². The van der Waals surface area contributed by atoms with Crippen LogP contribution in [0.15, 0.2) is 0 Å². The third-order valence-electron chi connectivity index (χ3n) is 2.88. The second-order valence-corrected chi connectivity index (χ2v) is 5.27. The fourth-order valence-corrected chi connectivity index (χ4v) is 1.91. The second-order valence-electron chi connectivity index (χ2n) is 4.89. The topological polar surface area (TPSA) is 140 Å². The largest absolute Gasteiger partial charge is 0.508 e. The van der Waals surface area contributed by atoms with Gasteiger partial charge in [0.05, 0.1) is 6.61 Å². The molecule has 0 rings (SSSR count). The van der Waals surface area contributed by atoms with E-state index in [-0.39, 0.29) is 13.0 Å². The lowest BCUT2D eigenvalue weighted by Crippen LogP contribution is -2.24. The average molecular weight is 386 g/mol. The molecule has 145 valence electrons. The minimum Gasteiger partial charge on any atom is -0.434 e. The van der Waals surface area contributed by atoms with Crippen LogP contribution in [0.4, 0.5) is 4.79 Å². The molecule has 0 aliphatic heterocycles. The maximum atomic E-state index is 11.2. The van der Waals surface area contributed by atoms with Gasteiger partial charge in [-0.2, -0.15) is 0 Å². The van der Waals surface area contributed by atoms with Crippen LogP contribution in [0.3, 0.4) is 0 Å². The van der Waals surface area contributed by atoms with Gasteiger partial charge in [-0.15, -0.1) is 31.8 Å². The smallest absolute Gasteiger partial charge is 0.434 e. The quantitative estimate of drug-likeness (QED) is 0.129. The molecule has 11 nitrogen and oxygen atoms in total. The second kappa shape index (κ2) is 15.5. The molecule has 1 radical (unpaired) electrons. The lowest BCUT2D eigenvalue weighted by Gasteiger charge is -2.13. The third kappa shape index (κ3) is 16.6. The van der Waals surface area contributed by atoms with Crippen molar-refractivity contribution < 1.29 is 34.1 Å². The fraction of sp³-hybridized carbons (Fsp3) is 0.846. The number of ether oxygens (including phenoxy) is 2. The van der Waals surface area contributed by atoms with Crippen LogP contribution in [0.1, 0.15) is 44.9 Å². The SMILES string of the molecule is O=C(O[CH]CCCCCCl)OCCCC[C@H](CO[N+](=O)[O-])O[N+](=O)[O-]. The Hall–Kier alpha value is -2.04. The van der Waals surface area contributed by atoms with Crippen LogP contribution in [-0.4, -0.2) is 41.5 Å². The molecule has 0 amide bonds. The Kier molecular flexibility index (Phi) is 14.2. The average Bonchev–Trinajstić information content (AvgIpc) is 2.54. The Morgan fingerprint density at radius 1 is 1.08 bits per heavy atom. The molecule has 0 spiro atoms. The number of alkyl halides is 1. The lowest BCUT2D eigenvalue weighted by molar-refractivity contribution is -0.790. The molecular weight excluding hydrogens is 364 g/mol. The van der Waals surface area contributed by atoms with Gasteiger partial charge in [0.1, 0.15) is 19.3 Å². The summed E-state index contributed by atoms with van der Waals surface area (Å²) in [5, 5.41) is 18.3. The van der Waals surface area contributed by atoms with E-state index < -0.39 is 29.0 Å². The van der Waals surface area contributed by atoms with Crippen molar-refractivity contribution in [1.29, 1.82) is 0 Å². The molecule has 1 atom stereocenters. The number of hydrogen-bond donors (Lipinski definition) is 0. The van der Waals surface area contributed by atoms with Crippen molar-refractivity contribution in [2.45, 2.75) is 51.0 Å². The lowest BCUT2D eigenvalue weighted by atomic mass is 10.2. The van der Waals surface area contributed by atoms with Gasteiger partial charge in [0.15, 0.2) is 0 Å². The molecule has 0 heterocycles. The van der Waals surface area contributed by atoms with Crippen molar-refractivity contribution in [2.75, 3.05) is 19.1 Å². The van der Waals surface area contributed by atoms with Gasteiger partial charge in [-0.05, 0) is 38.5 Å². The molecule has 0 aliphatic rings. The van der Waals surface area contributed by atoms with E-state index in [1.165, 1.54) is 6.61 Å². The molecule has 0 bridgehead atoms. The molecule has 0 aliphatic carbocycles. The Bertz CT molecular complexity index is 398. The van der Waals surface area contributed by atoms with Crippen LogP contribution >= 0.6 is 11.6 Å². The Morgan fingerprint density at radius 3 is 2.48 bits per heavy atom. The maximum Gasteiger partial charge on any atom is 0.508 e. The van der Waals surface area contributed by atoms with Gasteiger partial charge in [0, 0.05) is 5.88 Å². The Labute approximate surface area is 149 Å². The van der Waals surface area contributed by atoms with Crippen LogP contribution in [0, 0.1) is 26.8 Å². The van der Waals surface area contributed by atoms with Crippen LogP contribution in [0.2, 0.25) is 0 Å². The number of halogens is 1. The summed E-state index contributed by atoms with van der Waals surface area (Å²) >= 11 is 5.53. The van der Waals surface area contributed by atoms with Gasteiger partial charge < -0.3 is 19.1 Å². The maximum absolute atomic E-state index is 11.2. The van der Waals surface area contributed by atoms with Crippen molar-refractivity contribution in [3.8, 4) is 0 Å². The summed E-state index contributed by atoms with van der Waals surface area (Å²) in [5.74, 6) is 0.606. The number of nitrogens with zero attached hydrogens (tertiary/aromatic N) is 2. The molecule has 12 heteroatoms. The monoisotopic (exact) mass is 385 g/mol. The fourth-order valence-electron chi connectivity index (χ4n) is 1.72. The van der Waals surface area contributed by atoms with Gasteiger partial charge >= 0.3 is 6.16 Å². The summed E-state index contributed by atoms with van der Waals surface area (Å²) in [4.78, 5) is 39.9. The summed E-state index contributed by atoms with van der Waals surface area (Å²) in [6.45, 7) is 0.877. The number of rotatable bonds is 16. The Balaban J connectivity index is 3.67. The zero-order chi connectivity index (χ0) is 18.9. The standard InChI is InChI=1S/C13H22ClN2O9/c14-8-4-1-2-5-9-22-13(17)23-10-6-3-7-12(25-16(20)21)11-24-15(18)19/h9,12H,1-8,10-11H2/t12-/m1/s1. The van der Waals surface area contributed by atoms with E-state index in [1.807, 2.05) is 0 Å². The van der Waals surface area contributed by atoms with Crippen molar-refractivity contribution in [1.82, 2.24) is 0 Å². The highest BCUT2D eigenvalue weighted by Crippen LogP contribution is 2.08. The normalized spacial score (nSPS) is 11.4. The zero-order valence-electron chi connectivity index (χ0n) is 13.7. The van der Waals surface area contributed by atoms with Crippen molar-refractivity contribution in [3.63, 3.8) is 0 Å². The summed E-state index contributed by atoms with van der Waals surface area (Å²) in [5.41, 5.74) is 0. The summed E-state index contributed by atoms with van der Waals surface area (Å²) in [7, 11) is 0. The van der Waals surface area contributed by atoms with Gasteiger partial charge in [0.2, 0.25) is 0 Å². The van der Waals surface area contributed by atoms with Gasteiger partial charge in [-0.1, -0.05) is 6.42 Å². The third-order valence-corrected chi connectivity index (χ3v) is 3.14. The first kappa shape index (κ1) is 23.0. The number of unbranched alkanes of at least 4 members (excludes halogenated alkanes) is 4. The van der Waals surface area contributed by atoms with Gasteiger partial charge in [-0.25, -0.2) is 4.79 Å². The molecular formula is C13H22ClN2O9. The first-order valence-electron chi connectivity index (χ1n) is 7.75. The molecule has 0 saturated carbocycles. The van der Waals surface area contributed by atoms with Gasteiger partial charge in [-0.3, -0.25) is 0 Å². The van der Waals surface area contributed by atoms with Gasteiger partial charge in [0.25, 0.3) is 10.2 Å². The number of carbonyl (C=O) groups is 1. The first-order chi connectivity index (χ1) is 12.0. The van der Waals surface area contributed by atoms with Crippen molar-refractivity contribution >= 4 is 17.8 Å². The van der Waals surface area contributed by atoms with E-state index >= 15 is 0 Å². The van der Waals surface area contributed by atoms with Crippen LogP contribution in [-0.2, 0) is 19.1 Å². The molecule has 25 heavy (non-hydrogen) atoms. The van der Waals surface area contributed by atoms with Crippen molar-refractivity contribution in [2.24, 2.45) is 0 Å². The predicted molar refractivity (Wildman–Crippen MR) is 84.6 cm³/mol. The van der Waals surface area contributed by atoms with Crippen LogP contribution < -0.4 is 0 Å². The molecule has 0 N–H and O–H groups in total. The van der Waals surface area contributed by atoms with E-state index in [0.717, 1.165) is 19.3 Å². The van der Waals surface area contributed by atoms with Crippen LogP contribution in [0.5, 0.6) is 0 Å². The van der Waals surface area contributed by atoms with E-state index in [9.17, 15) is 25.0 Å². The zero-order valence-corrected chi connectivity index (χ0v) is 14.4. The predicted octanol–water partition coefficient (Wildman–Crippen LogP) is 3.06. The summed E-state index contributed by atoms with van der Waals surface area (Å²) < 4.78 is 9.54. The van der Waals surface area contributed by atoms with E-state index in [4.69, 9.17) is 21.1 Å². The number of hydrogen-bond acceptors (Lipinski definition) is 9. The summed E-state index contributed by atoms with van der Waals surface area (Å²) in [6.07, 6.45) is 2.36. The first-order valence-corrected chi connectivity index (χ1v) is 8.28. The molecule has 0 fully saturated rings. The summed E-state index contributed by atoms with van der Waals surface area (Å²) in [6, 6.07) is 0. The highest BCUT2D eigenvalue weighted by molar-refractivity contribution is 6.17. The number of carbonyl (C=O) groups excluding carboxylic acids is 1. The molecule has 0 aromatic carbocycles. The molecule has 0 aromatic rings. The van der Waals surface area contributed by atoms with E-state index in [1.54, 1.807) is 0 Å².